The third kappa shape index (κ3) is 38.6. The van der Waals surface area contributed by atoms with Gasteiger partial charge in [0.2, 0.25) is 0 Å². The van der Waals surface area contributed by atoms with Gasteiger partial charge in [-0.25, -0.2) is 19.9 Å². The Morgan fingerprint density at radius 3 is 1.34 bits per heavy atom. The van der Waals surface area contributed by atoms with Crippen molar-refractivity contribution in [2.45, 2.75) is 279 Å². The van der Waals surface area contributed by atoms with Gasteiger partial charge in [-0.2, -0.15) is 0 Å². The number of nitrogens with zero attached hydrogens (tertiary/aromatic N) is 19. The van der Waals surface area contributed by atoms with Crippen molar-refractivity contribution in [2.24, 2.45) is 0 Å². The number of benzene rings is 1. The van der Waals surface area contributed by atoms with Crippen molar-refractivity contribution in [3.05, 3.63) is 275 Å². The van der Waals surface area contributed by atoms with Crippen LogP contribution < -0.4 is 5.10 Å². The Kier molecular flexibility index (Phi) is 53.7. The molecule has 6 N–H and O–H groups in total. The van der Waals surface area contributed by atoms with Crippen LogP contribution in [0.4, 0.5) is 0 Å². The van der Waals surface area contributed by atoms with Crippen LogP contribution in [0.3, 0.4) is 0 Å². The smallest absolute Gasteiger partial charge is 0.116 e. The van der Waals surface area contributed by atoms with E-state index in [1.54, 1.807) is 89.9 Å². The van der Waals surface area contributed by atoms with Gasteiger partial charge >= 0.3 is 0 Å². The molecule has 13 heterocycles. The average Bonchev–Trinajstić information content (AvgIpc) is 1.22. The molecule has 1 aromatic carbocycles. The molecule has 4 radical (unpaired) electrons. The summed E-state index contributed by atoms with van der Waals surface area (Å²) in [7, 11) is 0. The van der Waals surface area contributed by atoms with E-state index in [2.05, 4.69) is 200 Å². The van der Waals surface area contributed by atoms with E-state index in [9.17, 15) is 10.2 Å². The van der Waals surface area contributed by atoms with Gasteiger partial charge in [-0.3, -0.25) is 45.0 Å². The van der Waals surface area contributed by atoms with Crippen LogP contribution in [-0.2, 0) is 85.8 Å². The topological polar surface area (TPSA) is 367 Å². The SMILES string of the molecule is CC(C)(C)c1n[n-]c(-c2ccccn2)n1.CC(O)CC(C)O.CC(O)CC(C)O.CCCCCC(O)CC(O)CCCCC.Cc1cc(-c2[c-]c(C)c(C)nc2C)nc(C)n1.Cc1ccc(C)c(-c2cc(-c3[c-]ccnc3C)ncn2)c1.Cc1cncc(C)c1-c1c(C)ncnc1-c1[c-]ccnc1C.Cc1ncc[c-]c1-c1ncnc(-c2cccnc2C)c1-c1cccnc1C.[Ir].[Ir].[Ir].[Ir]. The molecule has 0 spiro atoms. The maximum absolute atomic E-state index is 9.64. The quantitative estimate of drug-likeness (QED) is 0.0256. The summed E-state index contributed by atoms with van der Waals surface area (Å²) in [4.78, 5) is 75.0. The summed E-state index contributed by atoms with van der Waals surface area (Å²) in [6.07, 6.45) is 27.1. The molecule has 0 saturated heterocycles. The molecule has 0 fully saturated rings. The minimum Gasteiger partial charge on any atom is -0.420 e. The third-order valence-corrected chi connectivity index (χ3v) is 20.8. The fourth-order valence-electron chi connectivity index (χ4n) is 14.1. The van der Waals surface area contributed by atoms with E-state index in [0.717, 1.165) is 201 Å². The second-order valence-electron chi connectivity index (χ2n) is 34.0. The number of hydrogen-bond acceptors (Lipinski definition) is 24. The van der Waals surface area contributed by atoms with Crippen molar-refractivity contribution >= 4 is 0 Å². The van der Waals surface area contributed by atoms with Gasteiger partial charge in [0.15, 0.2) is 0 Å². The first-order chi connectivity index (χ1) is 62.4. The van der Waals surface area contributed by atoms with E-state index in [-0.39, 0.29) is 122 Å². The van der Waals surface area contributed by atoms with Crippen LogP contribution in [0, 0.1) is 128 Å². The van der Waals surface area contributed by atoms with Gasteiger partial charge in [-0.15, -0.1) is 70.3 Å². The zero-order valence-corrected chi connectivity index (χ0v) is 91.8. The van der Waals surface area contributed by atoms with Gasteiger partial charge < -0.3 is 60.7 Å². The molecule has 728 valence electrons. The molecule has 6 unspecified atom stereocenters. The van der Waals surface area contributed by atoms with Crippen molar-refractivity contribution in [1.82, 2.24) is 94.9 Å². The molecule has 0 aliphatic heterocycles. The van der Waals surface area contributed by atoms with E-state index >= 15 is 0 Å². The Bertz CT molecular complexity index is 5740. The standard InChI is InChI=1S/C22H18N5.C18H17N4.C18H16N3.C14H16N3.C13H28O2.C11H13N4.2C5H12O2.4Ir/c1-14-17(7-4-10-23-14)20-21(18-8-5-11-24-15(18)2)26-13-27-22(20)19-9-6-12-25-16(19)3;1-11-8-19-9-12(2)16(11)17-14(4)21-10-22-18(17)15-6-5-7-20-13(15)3;1-12-6-7-13(2)16(9-12)18-10-17(20-11-21-18)15-5-4-8-19-14(15)3;1-8-6-13(11(4)16-10(8)3)14-7-9(2)15-12(5)17-14;1-3-5-7-9-12(14)11-13(15)10-8-6-4-2;1-11(2,3)10-13-9(14-15-10)8-6-4-5-7-12-8;2*1-4(6)3-5(2)7;;;;/h4-8,10-13H,1-3H3;5,7-10H,1-4H3;4,6-11H,1-3H3;7H,1-5H3;12-15H,3-11H2,1-2H3;4-7H,1-3H3;2*4-7H,3H2,1-2H3;;;;/q4*-1;;-1;;;;;;. The number of aromatic nitrogens is 19. The van der Waals surface area contributed by atoms with Gasteiger partial charge in [0.25, 0.3) is 0 Å². The molecule has 0 aliphatic carbocycles. The second-order valence-corrected chi connectivity index (χ2v) is 34.0. The molecular formula is C106H132Ir4N19O6-5. The second kappa shape index (κ2) is 60.7. The first kappa shape index (κ1) is 119. The van der Waals surface area contributed by atoms with E-state index in [4.69, 9.17) is 20.4 Å². The van der Waals surface area contributed by atoms with Crippen molar-refractivity contribution < 1.29 is 111 Å². The van der Waals surface area contributed by atoms with Crippen molar-refractivity contribution in [3.63, 3.8) is 0 Å². The number of aliphatic hydroxyl groups is 6. The van der Waals surface area contributed by atoms with Crippen LogP contribution in [0.2, 0.25) is 0 Å². The van der Waals surface area contributed by atoms with Gasteiger partial charge in [0, 0.05) is 168 Å². The van der Waals surface area contributed by atoms with E-state index < -0.39 is 0 Å². The molecule has 13 aromatic heterocycles. The van der Waals surface area contributed by atoms with E-state index in [1.807, 2.05) is 155 Å². The minimum atomic E-state index is -0.375. The molecule has 6 atom stereocenters. The van der Waals surface area contributed by atoms with Crippen LogP contribution in [0.1, 0.15) is 224 Å². The summed E-state index contributed by atoms with van der Waals surface area (Å²) in [5.41, 5.74) is 29.9. The third-order valence-electron chi connectivity index (χ3n) is 20.8. The number of hydrogen-bond donors (Lipinski definition) is 6. The number of rotatable bonds is 23. The van der Waals surface area contributed by atoms with Gasteiger partial charge in [-0.05, 0) is 243 Å². The summed E-state index contributed by atoms with van der Waals surface area (Å²) in [6.45, 7) is 47.2. The average molecular weight is 2540 g/mol. The Hall–Kier alpha value is -9.76. The molecule has 0 aliphatic rings. The first-order valence-corrected chi connectivity index (χ1v) is 44.8. The zero-order valence-electron chi connectivity index (χ0n) is 82.3. The van der Waals surface area contributed by atoms with E-state index in [0.29, 0.717) is 25.1 Å². The summed E-state index contributed by atoms with van der Waals surface area (Å²) >= 11 is 0. The molecule has 29 heteroatoms. The summed E-state index contributed by atoms with van der Waals surface area (Å²) < 4.78 is 0. The molecule has 0 amide bonds. The Balaban J connectivity index is 0.000000407. The number of aliphatic hydroxyl groups excluding tert-OH is 6. The Labute approximate surface area is 853 Å². The van der Waals surface area contributed by atoms with E-state index in [1.165, 1.54) is 36.8 Å². The largest absolute Gasteiger partial charge is 0.420 e. The maximum Gasteiger partial charge on any atom is 0.116 e. The summed E-state index contributed by atoms with van der Waals surface area (Å²) in [6, 6.07) is 42.5. The van der Waals surface area contributed by atoms with Crippen LogP contribution in [0.15, 0.2) is 160 Å². The Morgan fingerprint density at radius 1 is 0.370 bits per heavy atom. The predicted octanol–water partition coefficient (Wildman–Crippen LogP) is 20.2. The molecule has 14 rings (SSSR count). The number of pyridine rings is 8. The normalized spacial score (nSPS) is 11.8. The Morgan fingerprint density at radius 2 is 0.859 bits per heavy atom. The molecule has 14 aromatic rings. The number of aryl methyl sites for hydroxylation is 15. The summed E-state index contributed by atoms with van der Waals surface area (Å²) in [5, 5.41) is 61.6. The van der Waals surface area contributed by atoms with Crippen LogP contribution in [0.25, 0.3) is 101 Å². The zero-order chi connectivity index (χ0) is 96.0. The van der Waals surface area contributed by atoms with Gasteiger partial charge in [0.1, 0.15) is 24.8 Å². The van der Waals surface area contributed by atoms with Gasteiger partial charge in [-0.1, -0.05) is 175 Å². The molecule has 25 nitrogen and oxygen atoms in total. The van der Waals surface area contributed by atoms with Crippen molar-refractivity contribution in [3.8, 4) is 101 Å². The predicted molar refractivity (Wildman–Crippen MR) is 521 cm³/mol. The van der Waals surface area contributed by atoms with Crippen LogP contribution in [0.5, 0.6) is 0 Å². The number of unbranched alkanes of at least 4 members (excludes halogenated alkanes) is 4. The molecule has 0 saturated carbocycles. The van der Waals surface area contributed by atoms with Crippen molar-refractivity contribution in [2.75, 3.05) is 0 Å². The first-order valence-electron chi connectivity index (χ1n) is 44.8. The molecule has 0 bridgehead atoms. The van der Waals surface area contributed by atoms with Gasteiger partial charge in [0.05, 0.1) is 53.7 Å². The van der Waals surface area contributed by atoms with Crippen molar-refractivity contribution in [1.29, 1.82) is 0 Å². The molecular weight excluding hydrogens is 2400 g/mol. The fourth-order valence-corrected chi connectivity index (χ4v) is 14.1. The monoisotopic (exact) mass is 2540 g/mol. The maximum atomic E-state index is 9.64. The van der Waals surface area contributed by atoms with Crippen LogP contribution in [-0.4, -0.2) is 157 Å². The van der Waals surface area contributed by atoms with Crippen LogP contribution >= 0.6 is 0 Å². The minimum absolute atomic E-state index is 0. The summed E-state index contributed by atoms with van der Waals surface area (Å²) in [5.74, 6) is 2.13. The molecule has 135 heavy (non-hydrogen) atoms. The fraction of sp³-hybridized carbons (Fsp3) is 0.396.